The lowest BCUT2D eigenvalue weighted by Crippen LogP contribution is -2.49. The van der Waals surface area contributed by atoms with Crippen LogP contribution in [0.5, 0.6) is 5.75 Å². The molecular formula is C17H28N2O2. The van der Waals surface area contributed by atoms with Gasteiger partial charge < -0.3 is 15.2 Å². The molecular weight excluding hydrogens is 264 g/mol. The van der Waals surface area contributed by atoms with E-state index in [0.29, 0.717) is 31.3 Å². The normalized spacial score (nSPS) is 24.8. The molecule has 1 aromatic rings. The third-order valence-electron chi connectivity index (χ3n) is 4.49. The highest BCUT2D eigenvalue weighted by molar-refractivity contribution is 5.29. The molecule has 4 nitrogen and oxygen atoms in total. The molecule has 1 aliphatic rings. The Morgan fingerprint density at radius 1 is 1.33 bits per heavy atom. The van der Waals surface area contributed by atoms with Crippen molar-refractivity contribution >= 4 is 0 Å². The van der Waals surface area contributed by atoms with Crippen LogP contribution in [-0.4, -0.2) is 43.9 Å². The molecule has 21 heavy (non-hydrogen) atoms. The third-order valence-corrected chi connectivity index (χ3v) is 4.49. The number of piperidine rings is 1. The van der Waals surface area contributed by atoms with Gasteiger partial charge in [0, 0.05) is 32.3 Å². The fraction of sp³-hybridized carbons (Fsp3) is 0.647. The van der Waals surface area contributed by atoms with Crippen LogP contribution in [0.25, 0.3) is 0 Å². The van der Waals surface area contributed by atoms with Crippen molar-refractivity contribution in [3.05, 3.63) is 29.8 Å². The van der Waals surface area contributed by atoms with E-state index >= 15 is 0 Å². The van der Waals surface area contributed by atoms with E-state index in [9.17, 15) is 0 Å². The summed E-state index contributed by atoms with van der Waals surface area (Å²) < 4.78 is 11.0. The second kappa shape index (κ2) is 7.78. The SMILES string of the molecule is CCOc1ccc(C(C)N2CCC(OC)CC2CN)cc1. The minimum atomic E-state index is 0.349. The molecule has 0 amide bonds. The van der Waals surface area contributed by atoms with Crippen LogP contribution in [0.3, 0.4) is 0 Å². The molecule has 1 fully saturated rings. The molecule has 0 spiro atoms. The minimum Gasteiger partial charge on any atom is -0.494 e. The zero-order valence-electron chi connectivity index (χ0n) is 13.4. The minimum absolute atomic E-state index is 0.349. The van der Waals surface area contributed by atoms with Crippen molar-refractivity contribution in [3.63, 3.8) is 0 Å². The van der Waals surface area contributed by atoms with Crippen LogP contribution in [0.1, 0.15) is 38.3 Å². The molecule has 118 valence electrons. The first-order valence-corrected chi connectivity index (χ1v) is 7.91. The van der Waals surface area contributed by atoms with Gasteiger partial charge in [0.05, 0.1) is 12.7 Å². The van der Waals surface area contributed by atoms with Crippen LogP contribution in [0.4, 0.5) is 0 Å². The van der Waals surface area contributed by atoms with Gasteiger partial charge in [-0.1, -0.05) is 12.1 Å². The maximum atomic E-state index is 5.97. The van der Waals surface area contributed by atoms with Gasteiger partial charge in [-0.3, -0.25) is 4.90 Å². The Labute approximate surface area is 128 Å². The lowest BCUT2D eigenvalue weighted by Gasteiger charge is -2.42. The molecule has 0 radical (unpaired) electrons. The van der Waals surface area contributed by atoms with E-state index in [1.165, 1.54) is 5.56 Å². The summed E-state index contributed by atoms with van der Waals surface area (Å²) in [6.07, 6.45) is 2.45. The molecule has 3 atom stereocenters. The number of nitrogens with zero attached hydrogens (tertiary/aromatic N) is 1. The van der Waals surface area contributed by atoms with Crippen LogP contribution in [-0.2, 0) is 4.74 Å². The summed E-state index contributed by atoms with van der Waals surface area (Å²) in [7, 11) is 1.80. The van der Waals surface area contributed by atoms with Gasteiger partial charge in [-0.25, -0.2) is 0 Å². The predicted molar refractivity (Wildman–Crippen MR) is 85.6 cm³/mol. The molecule has 0 saturated carbocycles. The van der Waals surface area contributed by atoms with Crippen LogP contribution >= 0.6 is 0 Å². The maximum Gasteiger partial charge on any atom is 0.119 e. The molecule has 0 aliphatic carbocycles. The van der Waals surface area contributed by atoms with E-state index in [2.05, 4.69) is 36.1 Å². The van der Waals surface area contributed by atoms with Crippen molar-refractivity contribution in [1.82, 2.24) is 4.90 Å². The lowest BCUT2D eigenvalue weighted by atomic mass is 9.95. The summed E-state index contributed by atoms with van der Waals surface area (Å²) in [4.78, 5) is 2.51. The highest BCUT2D eigenvalue weighted by Gasteiger charge is 2.30. The Hall–Kier alpha value is -1.10. The molecule has 2 rings (SSSR count). The van der Waals surface area contributed by atoms with Crippen LogP contribution in [0.2, 0.25) is 0 Å². The van der Waals surface area contributed by atoms with E-state index in [1.54, 1.807) is 7.11 Å². The zero-order valence-corrected chi connectivity index (χ0v) is 13.4. The van der Waals surface area contributed by atoms with Crippen molar-refractivity contribution in [2.45, 2.75) is 44.9 Å². The summed E-state index contributed by atoms with van der Waals surface area (Å²) in [6, 6.07) is 9.18. The van der Waals surface area contributed by atoms with Gasteiger partial charge in [-0.15, -0.1) is 0 Å². The van der Waals surface area contributed by atoms with Crippen molar-refractivity contribution in [2.75, 3.05) is 26.8 Å². The molecule has 1 saturated heterocycles. The van der Waals surface area contributed by atoms with E-state index in [4.69, 9.17) is 15.2 Å². The fourth-order valence-electron chi connectivity index (χ4n) is 3.19. The number of benzene rings is 1. The topological polar surface area (TPSA) is 47.7 Å². The van der Waals surface area contributed by atoms with Crippen LogP contribution < -0.4 is 10.5 Å². The van der Waals surface area contributed by atoms with Crippen molar-refractivity contribution in [1.29, 1.82) is 0 Å². The van der Waals surface area contributed by atoms with Crippen molar-refractivity contribution < 1.29 is 9.47 Å². The number of rotatable bonds is 6. The molecule has 1 aliphatic heterocycles. The summed E-state index contributed by atoms with van der Waals surface area (Å²) in [5.41, 5.74) is 7.29. The Bertz CT molecular complexity index is 421. The molecule has 0 aromatic heterocycles. The zero-order chi connectivity index (χ0) is 15.2. The molecule has 0 bridgehead atoms. The molecule has 2 N–H and O–H groups in total. The number of nitrogens with two attached hydrogens (primary N) is 1. The van der Waals surface area contributed by atoms with Crippen LogP contribution in [0.15, 0.2) is 24.3 Å². The third kappa shape index (κ3) is 3.96. The number of hydrogen-bond donors (Lipinski definition) is 1. The number of methoxy groups -OCH3 is 1. The van der Waals surface area contributed by atoms with Gasteiger partial charge >= 0.3 is 0 Å². The van der Waals surface area contributed by atoms with Gasteiger partial charge in [0.1, 0.15) is 5.75 Å². The first-order chi connectivity index (χ1) is 10.2. The summed E-state index contributed by atoms with van der Waals surface area (Å²) in [6.45, 7) is 6.68. The second-order valence-corrected chi connectivity index (χ2v) is 5.69. The maximum absolute atomic E-state index is 5.97. The largest absolute Gasteiger partial charge is 0.494 e. The van der Waals surface area contributed by atoms with Crippen LogP contribution in [0, 0.1) is 0 Å². The molecule has 1 aromatic carbocycles. The second-order valence-electron chi connectivity index (χ2n) is 5.69. The first kappa shape index (κ1) is 16.3. The first-order valence-electron chi connectivity index (χ1n) is 7.91. The molecule has 4 heteroatoms. The highest BCUT2D eigenvalue weighted by atomic mass is 16.5. The summed E-state index contributed by atoms with van der Waals surface area (Å²) >= 11 is 0. The standard InChI is InChI=1S/C17H28N2O2/c1-4-21-16-7-5-14(6-8-16)13(2)19-10-9-17(20-3)11-15(19)12-18/h5-8,13,15,17H,4,9-12,18H2,1-3H3. The van der Waals surface area contributed by atoms with Gasteiger partial charge in [0.15, 0.2) is 0 Å². The molecule has 1 heterocycles. The van der Waals surface area contributed by atoms with Gasteiger partial charge in [-0.05, 0) is 44.4 Å². The predicted octanol–water partition coefficient (Wildman–Crippen LogP) is 2.58. The lowest BCUT2D eigenvalue weighted by molar-refractivity contribution is -0.00164. The van der Waals surface area contributed by atoms with E-state index in [-0.39, 0.29) is 0 Å². The Morgan fingerprint density at radius 3 is 2.62 bits per heavy atom. The number of ether oxygens (including phenoxy) is 2. The molecule has 3 unspecified atom stereocenters. The number of likely N-dealkylation sites (tertiary alicyclic amines) is 1. The average Bonchev–Trinajstić information content (AvgIpc) is 2.54. The summed E-state index contributed by atoms with van der Waals surface area (Å²) in [5.74, 6) is 0.932. The van der Waals surface area contributed by atoms with E-state index < -0.39 is 0 Å². The highest BCUT2D eigenvalue weighted by Crippen LogP contribution is 2.29. The van der Waals surface area contributed by atoms with E-state index in [1.807, 2.05) is 6.92 Å². The van der Waals surface area contributed by atoms with E-state index in [0.717, 1.165) is 25.1 Å². The van der Waals surface area contributed by atoms with Crippen molar-refractivity contribution in [3.8, 4) is 5.75 Å². The average molecular weight is 292 g/mol. The Balaban J connectivity index is 2.05. The van der Waals surface area contributed by atoms with Gasteiger partial charge in [-0.2, -0.15) is 0 Å². The van der Waals surface area contributed by atoms with Crippen molar-refractivity contribution in [2.24, 2.45) is 5.73 Å². The van der Waals surface area contributed by atoms with Gasteiger partial charge in [0.25, 0.3) is 0 Å². The summed E-state index contributed by atoms with van der Waals surface area (Å²) in [5, 5.41) is 0. The monoisotopic (exact) mass is 292 g/mol. The Kier molecular flexibility index (Phi) is 6.03. The smallest absolute Gasteiger partial charge is 0.119 e. The number of hydrogen-bond acceptors (Lipinski definition) is 4. The Morgan fingerprint density at radius 2 is 2.05 bits per heavy atom. The fourth-order valence-corrected chi connectivity index (χ4v) is 3.19. The van der Waals surface area contributed by atoms with Gasteiger partial charge in [0.2, 0.25) is 0 Å². The quantitative estimate of drug-likeness (QED) is 0.875.